The van der Waals surface area contributed by atoms with E-state index >= 15 is 0 Å². The Bertz CT molecular complexity index is 342. The van der Waals surface area contributed by atoms with Crippen molar-refractivity contribution in [1.82, 2.24) is 0 Å². The molecule has 0 fully saturated rings. The van der Waals surface area contributed by atoms with Crippen molar-refractivity contribution in [1.29, 1.82) is 0 Å². The topological polar surface area (TPSA) is 47.3 Å². The lowest BCUT2D eigenvalue weighted by Crippen LogP contribution is -2.08. The molecule has 3 N–H and O–H groups in total. The maximum atomic E-state index is 6.04. The number of nitrogens with two attached hydrogens (primary N) is 1. The molecule has 17 heavy (non-hydrogen) atoms. The van der Waals surface area contributed by atoms with Gasteiger partial charge in [-0.15, -0.1) is 0 Å². The minimum absolute atomic E-state index is 0.592. The van der Waals surface area contributed by atoms with Crippen molar-refractivity contribution in [3.05, 3.63) is 23.2 Å². The van der Waals surface area contributed by atoms with Crippen LogP contribution in [0, 0.1) is 5.92 Å². The zero-order valence-corrected chi connectivity index (χ0v) is 11.3. The average Bonchev–Trinajstić information content (AvgIpc) is 2.25. The molecule has 4 heteroatoms. The van der Waals surface area contributed by atoms with Crippen LogP contribution < -0.4 is 11.1 Å². The lowest BCUT2D eigenvalue weighted by Gasteiger charge is -2.10. The number of nitrogens with one attached hydrogen (secondary N) is 1. The van der Waals surface area contributed by atoms with Gasteiger partial charge in [0.15, 0.2) is 0 Å². The quantitative estimate of drug-likeness (QED) is 0.581. The summed E-state index contributed by atoms with van der Waals surface area (Å²) < 4.78 is 5.49. The summed E-state index contributed by atoms with van der Waals surface area (Å²) in [6, 6.07) is 5.48. The third kappa shape index (κ3) is 5.80. The van der Waals surface area contributed by atoms with Crippen LogP contribution in [0.5, 0.6) is 0 Å². The summed E-state index contributed by atoms with van der Waals surface area (Å²) in [5.74, 6) is 0.592. The Morgan fingerprint density at radius 2 is 2.18 bits per heavy atom. The van der Waals surface area contributed by atoms with Crippen LogP contribution in [0.3, 0.4) is 0 Å². The lowest BCUT2D eigenvalue weighted by atomic mass is 10.2. The number of hydrogen-bond acceptors (Lipinski definition) is 3. The molecule has 0 saturated carbocycles. The summed E-state index contributed by atoms with van der Waals surface area (Å²) in [6.07, 6.45) is 0.966. The molecule has 0 atom stereocenters. The van der Waals surface area contributed by atoms with E-state index in [0.29, 0.717) is 16.6 Å². The summed E-state index contributed by atoms with van der Waals surface area (Å²) >= 11 is 6.04. The molecule has 3 nitrogen and oxygen atoms in total. The predicted octanol–water partition coefficient (Wildman–Crippen LogP) is 3.40. The largest absolute Gasteiger partial charge is 0.399 e. The molecule has 0 saturated heterocycles. The third-order valence-electron chi connectivity index (χ3n) is 2.23. The predicted molar refractivity (Wildman–Crippen MR) is 74.6 cm³/mol. The van der Waals surface area contributed by atoms with Crippen LogP contribution in [0.2, 0.25) is 5.02 Å². The molecule has 0 aliphatic carbocycles. The maximum absolute atomic E-state index is 6.04. The zero-order chi connectivity index (χ0) is 12.7. The molecule has 0 heterocycles. The van der Waals surface area contributed by atoms with E-state index in [1.54, 1.807) is 6.07 Å². The smallest absolute Gasteiger partial charge is 0.0657 e. The molecule has 0 aliphatic heterocycles. The standard InChI is InChI=1S/C13H21ClN2O/c1-10(2)9-17-7-3-6-16-13-5-4-11(15)8-12(13)14/h4-5,8,10,16H,3,6-7,9,15H2,1-2H3. The minimum Gasteiger partial charge on any atom is -0.399 e. The average molecular weight is 257 g/mol. The Kier molecular flexibility index (Phi) is 6.16. The summed E-state index contributed by atoms with van der Waals surface area (Å²) in [5, 5.41) is 3.92. The van der Waals surface area contributed by atoms with Crippen molar-refractivity contribution in [3.63, 3.8) is 0 Å². The minimum atomic E-state index is 0.592. The van der Waals surface area contributed by atoms with Gasteiger partial charge in [0.2, 0.25) is 0 Å². The van der Waals surface area contributed by atoms with Gasteiger partial charge < -0.3 is 15.8 Å². The van der Waals surface area contributed by atoms with E-state index in [-0.39, 0.29) is 0 Å². The van der Waals surface area contributed by atoms with Crippen LogP contribution in [-0.2, 0) is 4.74 Å². The van der Waals surface area contributed by atoms with Crippen molar-refractivity contribution in [2.24, 2.45) is 5.92 Å². The second kappa shape index (κ2) is 7.41. The number of ether oxygens (including phenoxy) is 1. The molecule has 1 rings (SSSR count). The molecule has 0 radical (unpaired) electrons. The van der Waals surface area contributed by atoms with E-state index in [1.807, 2.05) is 12.1 Å². The normalized spacial score (nSPS) is 10.8. The second-order valence-electron chi connectivity index (χ2n) is 4.49. The molecule has 96 valence electrons. The number of hydrogen-bond donors (Lipinski definition) is 2. The van der Waals surface area contributed by atoms with Gasteiger partial charge in [0.25, 0.3) is 0 Å². The molecule has 0 spiro atoms. The lowest BCUT2D eigenvalue weighted by molar-refractivity contribution is 0.110. The number of benzene rings is 1. The summed E-state index contributed by atoms with van der Waals surface area (Å²) in [5.41, 5.74) is 7.22. The van der Waals surface area contributed by atoms with E-state index in [2.05, 4.69) is 19.2 Å². The Balaban J connectivity index is 2.18. The first-order chi connectivity index (χ1) is 8.09. The van der Waals surface area contributed by atoms with Gasteiger partial charge in [-0.1, -0.05) is 25.4 Å². The first-order valence-electron chi connectivity index (χ1n) is 5.96. The first kappa shape index (κ1) is 14.1. The van der Waals surface area contributed by atoms with Crippen molar-refractivity contribution < 1.29 is 4.74 Å². The number of anilines is 2. The van der Waals surface area contributed by atoms with Gasteiger partial charge in [0.1, 0.15) is 0 Å². The van der Waals surface area contributed by atoms with Crippen LogP contribution in [0.4, 0.5) is 11.4 Å². The molecule has 0 amide bonds. The fourth-order valence-electron chi connectivity index (χ4n) is 1.39. The molecule has 0 aromatic heterocycles. The highest BCUT2D eigenvalue weighted by Crippen LogP contribution is 2.23. The molecule has 0 aliphatic rings. The Morgan fingerprint density at radius 3 is 2.82 bits per heavy atom. The molecular weight excluding hydrogens is 236 g/mol. The third-order valence-corrected chi connectivity index (χ3v) is 2.54. The van der Waals surface area contributed by atoms with Gasteiger partial charge in [-0.05, 0) is 30.5 Å². The summed E-state index contributed by atoms with van der Waals surface area (Å²) in [6.45, 7) is 6.74. The van der Waals surface area contributed by atoms with E-state index in [0.717, 1.165) is 31.9 Å². The second-order valence-corrected chi connectivity index (χ2v) is 4.90. The highest BCUT2D eigenvalue weighted by atomic mass is 35.5. The molecule has 0 bridgehead atoms. The van der Waals surface area contributed by atoms with Crippen LogP contribution in [0.1, 0.15) is 20.3 Å². The number of rotatable bonds is 7. The SMILES string of the molecule is CC(C)COCCCNc1ccc(N)cc1Cl. The van der Waals surface area contributed by atoms with Crippen LogP contribution >= 0.6 is 11.6 Å². The van der Waals surface area contributed by atoms with E-state index in [1.165, 1.54) is 0 Å². The van der Waals surface area contributed by atoms with Crippen molar-refractivity contribution >= 4 is 23.0 Å². The monoisotopic (exact) mass is 256 g/mol. The molecule has 1 aromatic rings. The number of nitrogen functional groups attached to an aromatic ring is 1. The van der Waals surface area contributed by atoms with Gasteiger partial charge in [0, 0.05) is 25.4 Å². The molecular formula is C13H21ClN2O. The van der Waals surface area contributed by atoms with Crippen LogP contribution in [0.25, 0.3) is 0 Å². The Morgan fingerprint density at radius 1 is 1.41 bits per heavy atom. The first-order valence-corrected chi connectivity index (χ1v) is 6.34. The van der Waals surface area contributed by atoms with Crippen molar-refractivity contribution in [2.75, 3.05) is 30.8 Å². The van der Waals surface area contributed by atoms with Crippen LogP contribution in [0.15, 0.2) is 18.2 Å². The van der Waals surface area contributed by atoms with Crippen molar-refractivity contribution in [2.45, 2.75) is 20.3 Å². The Hall–Kier alpha value is -0.930. The van der Waals surface area contributed by atoms with Crippen molar-refractivity contribution in [3.8, 4) is 0 Å². The van der Waals surface area contributed by atoms with E-state index < -0.39 is 0 Å². The maximum Gasteiger partial charge on any atom is 0.0657 e. The van der Waals surface area contributed by atoms with Gasteiger partial charge in [-0.3, -0.25) is 0 Å². The van der Waals surface area contributed by atoms with Gasteiger partial charge in [0.05, 0.1) is 10.7 Å². The summed E-state index contributed by atoms with van der Waals surface area (Å²) in [7, 11) is 0. The van der Waals surface area contributed by atoms with E-state index in [9.17, 15) is 0 Å². The summed E-state index contributed by atoms with van der Waals surface area (Å²) in [4.78, 5) is 0. The molecule has 0 unspecified atom stereocenters. The molecule has 1 aromatic carbocycles. The highest BCUT2D eigenvalue weighted by Gasteiger charge is 1.99. The van der Waals surface area contributed by atoms with E-state index in [4.69, 9.17) is 22.1 Å². The van der Waals surface area contributed by atoms with Crippen LogP contribution in [-0.4, -0.2) is 19.8 Å². The zero-order valence-electron chi connectivity index (χ0n) is 10.5. The Labute approximate surface area is 108 Å². The van der Waals surface area contributed by atoms with Gasteiger partial charge in [-0.25, -0.2) is 0 Å². The highest BCUT2D eigenvalue weighted by molar-refractivity contribution is 6.33. The fraction of sp³-hybridized carbons (Fsp3) is 0.538. The van der Waals surface area contributed by atoms with Gasteiger partial charge >= 0.3 is 0 Å². The van der Waals surface area contributed by atoms with Gasteiger partial charge in [-0.2, -0.15) is 0 Å². The fourth-order valence-corrected chi connectivity index (χ4v) is 1.65. The number of halogens is 1.